The zero-order chi connectivity index (χ0) is 14.6. The lowest BCUT2D eigenvalue weighted by molar-refractivity contribution is -0.137. The van der Waals surface area contributed by atoms with Gasteiger partial charge < -0.3 is 5.41 Å². The van der Waals surface area contributed by atoms with E-state index in [1.165, 1.54) is 25.3 Å². The Morgan fingerprint density at radius 3 is 2.16 bits per heavy atom. The molecule has 1 rings (SSSR count). The van der Waals surface area contributed by atoms with E-state index in [0.717, 1.165) is 12.1 Å². The molecule has 6 heteroatoms. The highest BCUT2D eigenvalue weighted by molar-refractivity contribution is 6.43. The van der Waals surface area contributed by atoms with E-state index >= 15 is 0 Å². The van der Waals surface area contributed by atoms with Crippen molar-refractivity contribution < 1.29 is 13.2 Å². The SMILES string of the molecule is CC(=N)/C(Cl)=C(/C)N=Cc1ccc(C(F)(F)F)cc1. The standard InChI is InChI=1S/C13H12ClF3N2/c1-8(18)12(14)9(2)19-7-10-3-5-11(6-4-10)13(15,16)17/h3-7,18H,1-2H3/b12-9+,18-8?,19-7?. The van der Waals surface area contributed by atoms with Crippen molar-refractivity contribution in [3.8, 4) is 0 Å². The summed E-state index contributed by atoms with van der Waals surface area (Å²) in [6.07, 6.45) is -2.94. The van der Waals surface area contributed by atoms with E-state index in [4.69, 9.17) is 17.0 Å². The molecular formula is C13H12ClF3N2. The fourth-order valence-electron chi connectivity index (χ4n) is 1.26. The number of halogens is 4. The van der Waals surface area contributed by atoms with Crippen LogP contribution in [0.5, 0.6) is 0 Å². The fourth-order valence-corrected chi connectivity index (χ4v) is 1.31. The Morgan fingerprint density at radius 2 is 1.74 bits per heavy atom. The van der Waals surface area contributed by atoms with Crippen LogP contribution in [0, 0.1) is 5.41 Å². The molecule has 0 radical (unpaired) electrons. The van der Waals surface area contributed by atoms with Crippen LogP contribution < -0.4 is 0 Å². The van der Waals surface area contributed by atoms with Crippen molar-refractivity contribution in [2.45, 2.75) is 20.0 Å². The third-order valence-corrected chi connectivity index (χ3v) is 2.85. The molecule has 0 aliphatic heterocycles. The predicted molar refractivity (Wildman–Crippen MR) is 71.0 cm³/mol. The van der Waals surface area contributed by atoms with Crippen LogP contribution in [0.3, 0.4) is 0 Å². The predicted octanol–water partition coefficient (Wildman–Crippen LogP) is 4.63. The Balaban J connectivity index is 2.90. The van der Waals surface area contributed by atoms with Gasteiger partial charge in [0.05, 0.1) is 16.3 Å². The molecular weight excluding hydrogens is 277 g/mol. The van der Waals surface area contributed by atoms with Crippen LogP contribution in [0.4, 0.5) is 13.2 Å². The summed E-state index contributed by atoms with van der Waals surface area (Å²) < 4.78 is 37.0. The molecule has 0 spiro atoms. The Bertz CT molecular complexity index is 528. The number of rotatable bonds is 3. The van der Waals surface area contributed by atoms with Crippen LogP contribution in [0.15, 0.2) is 40.0 Å². The maximum atomic E-state index is 12.3. The third kappa shape index (κ3) is 4.52. The molecule has 0 aliphatic carbocycles. The van der Waals surface area contributed by atoms with Crippen LogP contribution in [0.2, 0.25) is 0 Å². The Morgan fingerprint density at radius 1 is 1.21 bits per heavy atom. The summed E-state index contributed by atoms with van der Waals surface area (Å²) in [5, 5.41) is 7.55. The maximum Gasteiger partial charge on any atom is 0.416 e. The number of allylic oxidation sites excluding steroid dienone is 2. The minimum Gasteiger partial charge on any atom is -0.304 e. The molecule has 0 unspecified atom stereocenters. The number of benzene rings is 1. The molecule has 0 saturated heterocycles. The van der Waals surface area contributed by atoms with Gasteiger partial charge in [-0.05, 0) is 31.5 Å². The second kappa shape index (κ2) is 6.02. The van der Waals surface area contributed by atoms with Crippen LogP contribution in [0.1, 0.15) is 25.0 Å². The Hall–Kier alpha value is -1.62. The molecule has 1 aromatic rings. The average molecular weight is 289 g/mol. The summed E-state index contributed by atoms with van der Waals surface area (Å²) in [7, 11) is 0. The van der Waals surface area contributed by atoms with Gasteiger partial charge in [-0.1, -0.05) is 23.7 Å². The molecule has 0 bridgehead atoms. The highest BCUT2D eigenvalue weighted by Gasteiger charge is 2.29. The van der Waals surface area contributed by atoms with Gasteiger partial charge in [0, 0.05) is 11.9 Å². The summed E-state index contributed by atoms with van der Waals surface area (Å²) in [6.45, 7) is 3.15. The minimum absolute atomic E-state index is 0.184. The second-order valence-corrected chi connectivity index (χ2v) is 4.28. The van der Waals surface area contributed by atoms with Crippen LogP contribution >= 0.6 is 11.6 Å². The van der Waals surface area contributed by atoms with Gasteiger partial charge in [-0.3, -0.25) is 4.99 Å². The number of hydrogen-bond acceptors (Lipinski definition) is 2. The number of nitrogens with zero attached hydrogens (tertiary/aromatic N) is 1. The zero-order valence-corrected chi connectivity index (χ0v) is 11.1. The maximum absolute atomic E-state index is 12.3. The molecule has 0 saturated carbocycles. The molecule has 19 heavy (non-hydrogen) atoms. The summed E-state index contributed by atoms with van der Waals surface area (Å²) in [6, 6.07) is 4.63. The molecule has 102 valence electrons. The minimum atomic E-state index is -4.34. The van der Waals surface area contributed by atoms with Gasteiger partial charge in [-0.15, -0.1) is 0 Å². The van der Waals surface area contributed by atoms with Crippen LogP contribution in [-0.2, 0) is 6.18 Å². The topological polar surface area (TPSA) is 36.2 Å². The Labute approximate surface area is 114 Å². The van der Waals surface area contributed by atoms with Crippen molar-refractivity contribution in [3.05, 3.63) is 46.1 Å². The zero-order valence-electron chi connectivity index (χ0n) is 10.3. The summed E-state index contributed by atoms with van der Waals surface area (Å²) >= 11 is 5.81. The van der Waals surface area contributed by atoms with E-state index < -0.39 is 11.7 Å². The van der Waals surface area contributed by atoms with Gasteiger partial charge in [-0.2, -0.15) is 13.2 Å². The molecule has 0 atom stereocenters. The third-order valence-electron chi connectivity index (χ3n) is 2.29. The van der Waals surface area contributed by atoms with Crippen molar-refractivity contribution in [1.29, 1.82) is 5.41 Å². The molecule has 2 nitrogen and oxygen atoms in total. The van der Waals surface area contributed by atoms with Gasteiger partial charge in [0.1, 0.15) is 0 Å². The molecule has 0 fully saturated rings. The summed E-state index contributed by atoms with van der Waals surface area (Å²) in [5.41, 5.74) is 0.447. The van der Waals surface area contributed by atoms with E-state index in [0.29, 0.717) is 11.3 Å². The van der Waals surface area contributed by atoms with Crippen LogP contribution in [0.25, 0.3) is 0 Å². The normalized spacial score (nSPS) is 13.6. The average Bonchev–Trinajstić information content (AvgIpc) is 2.34. The smallest absolute Gasteiger partial charge is 0.304 e. The molecule has 0 aromatic heterocycles. The lowest BCUT2D eigenvalue weighted by atomic mass is 10.1. The largest absolute Gasteiger partial charge is 0.416 e. The lowest BCUT2D eigenvalue weighted by Gasteiger charge is -2.05. The molecule has 1 N–H and O–H groups in total. The summed E-state index contributed by atoms with van der Waals surface area (Å²) in [4.78, 5) is 4.01. The first-order valence-corrected chi connectivity index (χ1v) is 5.73. The van der Waals surface area contributed by atoms with Crippen LogP contribution in [-0.4, -0.2) is 11.9 Å². The lowest BCUT2D eigenvalue weighted by Crippen LogP contribution is -2.04. The summed E-state index contributed by atoms with van der Waals surface area (Å²) in [5.74, 6) is 0. The van der Waals surface area contributed by atoms with Gasteiger partial charge in [0.15, 0.2) is 0 Å². The molecule has 0 amide bonds. The second-order valence-electron chi connectivity index (χ2n) is 3.90. The molecule has 0 aliphatic rings. The highest BCUT2D eigenvalue weighted by Crippen LogP contribution is 2.28. The van der Waals surface area contributed by atoms with E-state index in [1.807, 2.05) is 0 Å². The number of nitrogens with one attached hydrogen (secondary N) is 1. The van der Waals surface area contributed by atoms with Crippen molar-refractivity contribution in [3.63, 3.8) is 0 Å². The van der Waals surface area contributed by atoms with Gasteiger partial charge >= 0.3 is 6.18 Å². The molecule has 0 heterocycles. The fraction of sp³-hybridized carbons (Fsp3) is 0.231. The van der Waals surface area contributed by atoms with Crippen molar-refractivity contribution in [2.75, 3.05) is 0 Å². The van der Waals surface area contributed by atoms with Crippen molar-refractivity contribution in [2.24, 2.45) is 4.99 Å². The number of aliphatic imine (C=N–C) groups is 1. The quantitative estimate of drug-likeness (QED) is 0.787. The van der Waals surface area contributed by atoms with Crippen molar-refractivity contribution in [1.82, 2.24) is 0 Å². The number of hydrogen-bond donors (Lipinski definition) is 1. The van der Waals surface area contributed by atoms with E-state index in [2.05, 4.69) is 4.99 Å². The Kier molecular flexibility index (Phi) is 4.89. The molecule has 1 aromatic carbocycles. The first-order chi connectivity index (χ1) is 8.71. The highest BCUT2D eigenvalue weighted by atomic mass is 35.5. The van der Waals surface area contributed by atoms with E-state index in [9.17, 15) is 13.2 Å². The first kappa shape index (κ1) is 15.4. The van der Waals surface area contributed by atoms with E-state index in [-0.39, 0.29) is 10.7 Å². The number of alkyl halides is 3. The van der Waals surface area contributed by atoms with Gasteiger partial charge in [0.2, 0.25) is 0 Å². The monoisotopic (exact) mass is 288 g/mol. The first-order valence-electron chi connectivity index (χ1n) is 5.35. The van der Waals surface area contributed by atoms with E-state index in [1.54, 1.807) is 6.92 Å². The van der Waals surface area contributed by atoms with Gasteiger partial charge in [0.25, 0.3) is 0 Å². The van der Waals surface area contributed by atoms with Crippen molar-refractivity contribution >= 4 is 23.5 Å². The van der Waals surface area contributed by atoms with Gasteiger partial charge in [-0.25, -0.2) is 0 Å².